The van der Waals surface area contributed by atoms with Crippen molar-refractivity contribution < 1.29 is 21.1 Å². The minimum Gasteiger partial charge on any atom is -0.416 e. The molecule has 0 bridgehead atoms. The Morgan fingerprint density at radius 2 is 1.38 bits per heavy atom. The van der Waals surface area contributed by atoms with Crippen molar-refractivity contribution >= 4 is 5.69 Å². The van der Waals surface area contributed by atoms with Gasteiger partial charge in [-0.05, 0) is 32.0 Å². The molecule has 0 aromatic carbocycles. The van der Waals surface area contributed by atoms with Gasteiger partial charge in [0, 0.05) is 40.8 Å². The molecular formula is C25H22N8Pt. The van der Waals surface area contributed by atoms with Gasteiger partial charge in [0.15, 0.2) is 5.69 Å². The van der Waals surface area contributed by atoms with Crippen molar-refractivity contribution in [2.75, 3.05) is 0 Å². The summed E-state index contributed by atoms with van der Waals surface area (Å²) in [5.41, 5.74) is 5.02. The van der Waals surface area contributed by atoms with E-state index in [2.05, 4.69) is 33.5 Å². The van der Waals surface area contributed by atoms with Gasteiger partial charge in [-0.15, -0.1) is 0 Å². The minimum atomic E-state index is -0.704. The Morgan fingerprint density at radius 1 is 0.882 bits per heavy atom. The van der Waals surface area contributed by atoms with E-state index in [0.29, 0.717) is 34.3 Å². The standard InChI is InChI=1S/C25H22N8.Pt/c1-15-17(3)32(13-28-15)23-9-19(12-26)8-21(30-23)25(5,6)22-10-20(27-7)11-24(31-22)33-14-29-16(2)18(33)4;/h8-11H,1-6H3;/q-2;+2. The van der Waals surface area contributed by atoms with Crippen LogP contribution in [0.2, 0.25) is 0 Å². The van der Waals surface area contributed by atoms with Gasteiger partial charge in [-0.25, -0.2) is 4.85 Å². The van der Waals surface area contributed by atoms with Crippen LogP contribution in [0.25, 0.3) is 16.5 Å². The van der Waals surface area contributed by atoms with Crippen LogP contribution in [-0.2, 0) is 26.5 Å². The minimum absolute atomic E-state index is 0. The third kappa shape index (κ3) is 4.30. The van der Waals surface area contributed by atoms with Crippen molar-refractivity contribution in [1.82, 2.24) is 29.1 Å². The van der Waals surface area contributed by atoms with Crippen LogP contribution >= 0.6 is 0 Å². The third-order valence-electron chi connectivity index (χ3n) is 5.96. The number of aromatic nitrogens is 6. The van der Waals surface area contributed by atoms with E-state index in [9.17, 15) is 5.26 Å². The molecule has 0 aliphatic carbocycles. The largest absolute Gasteiger partial charge is 2.00 e. The summed E-state index contributed by atoms with van der Waals surface area (Å²) < 4.78 is 3.50. The molecule has 0 aliphatic heterocycles. The number of nitrogens with zero attached hydrogens (tertiary/aromatic N) is 8. The second-order valence-corrected chi connectivity index (χ2v) is 8.45. The Kier molecular flexibility index (Phi) is 6.86. The molecule has 9 heteroatoms. The van der Waals surface area contributed by atoms with Gasteiger partial charge in [0.25, 0.3) is 0 Å². The maximum atomic E-state index is 9.67. The second kappa shape index (κ2) is 9.33. The van der Waals surface area contributed by atoms with Crippen molar-refractivity contribution in [3.8, 4) is 17.7 Å². The van der Waals surface area contributed by atoms with Crippen LogP contribution in [-0.4, -0.2) is 29.1 Å². The Morgan fingerprint density at radius 3 is 1.82 bits per heavy atom. The number of aryl methyl sites for hydroxylation is 2. The zero-order chi connectivity index (χ0) is 23.9. The first-order valence-corrected chi connectivity index (χ1v) is 10.4. The summed E-state index contributed by atoms with van der Waals surface area (Å²) in [7, 11) is 0. The van der Waals surface area contributed by atoms with E-state index in [0.717, 1.165) is 22.8 Å². The van der Waals surface area contributed by atoms with E-state index in [-0.39, 0.29) is 21.1 Å². The summed E-state index contributed by atoms with van der Waals surface area (Å²) >= 11 is 0. The Labute approximate surface area is 213 Å². The molecule has 0 N–H and O–H groups in total. The van der Waals surface area contributed by atoms with Crippen LogP contribution in [0.15, 0.2) is 24.3 Å². The van der Waals surface area contributed by atoms with Crippen LogP contribution < -0.4 is 0 Å². The average Bonchev–Trinajstić information content (AvgIpc) is 3.33. The van der Waals surface area contributed by atoms with E-state index in [1.807, 2.05) is 41.5 Å². The average molecular weight is 630 g/mol. The van der Waals surface area contributed by atoms with Crippen molar-refractivity contribution in [2.45, 2.75) is 47.0 Å². The van der Waals surface area contributed by atoms with Gasteiger partial charge in [-0.2, -0.15) is 5.26 Å². The fourth-order valence-corrected chi connectivity index (χ4v) is 3.48. The van der Waals surface area contributed by atoms with Crippen LogP contribution in [0.4, 0.5) is 5.69 Å². The van der Waals surface area contributed by atoms with Crippen molar-refractivity contribution in [3.05, 3.63) is 88.1 Å². The first-order valence-electron chi connectivity index (χ1n) is 10.4. The summed E-state index contributed by atoms with van der Waals surface area (Å²) in [5.74, 6) is 1.13. The predicted molar refractivity (Wildman–Crippen MR) is 122 cm³/mol. The van der Waals surface area contributed by atoms with Crippen LogP contribution in [0.1, 0.15) is 53.6 Å². The van der Waals surface area contributed by atoms with Crippen LogP contribution in [0.3, 0.4) is 0 Å². The SMILES string of the molecule is [C-]#[N+]c1cc(-n2[c-]nc(C)c2C)nc(C(C)(C)c2cc(C#N)cc(-n3[c-]nc(C)c3C)n2)c1.[Pt+2]. The van der Waals surface area contributed by atoms with Gasteiger partial charge in [-0.3, -0.25) is 9.97 Å². The number of rotatable bonds is 4. The topological polar surface area (TPSA) is 89.6 Å². The third-order valence-corrected chi connectivity index (χ3v) is 5.96. The second-order valence-electron chi connectivity index (χ2n) is 8.45. The number of nitriles is 1. The molecular weight excluding hydrogens is 607 g/mol. The van der Waals surface area contributed by atoms with Crippen molar-refractivity contribution in [3.63, 3.8) is 0 Å². The molecule has 0 saturated heterocycles. The Hall–Kier alpha value is -3.61. The Bertz CT molecular complexity index is 1350. The molecule has 0 amide bonds. The molecule has 0 radical (unpaired) electrons. The molecule has 8 nitrogen and oxygen atoms in total. The fraction of sp³-hybridized carbons (Fsp3) is 0.280. The fourth-order valence-electron chi connectivity index (χ4n) is 3.48. The van der Waals surface area contributed by atoms with Gasteiger partial charge in [0.2, 0.25) is 0 Å². The van der Waals surface area contributed by atoms with E-state index in [1.54, 1.807) is 33.4 Å². The summed E-state index contributed by atoms with van der Waals surface area (Å²) in [6.45, 7) is 19.2. The van der Waals surface area contributed by atoms with Crippen LogP contribution in [0, 0.1) is 58.3 Å². The van der Waals surface area contributed by atoms with Crippen molar-refractivity contribution in [2.24, 2.45) is 0 Å². The van der Waals surface area contributed by atoms with E-state index < -0.39 is 5.41 Å². The molecule has 34 heavy (non-hydrogen) atoms. The summed E-state index contributed by atoms with van der Waals surface area (Å²) in [4.78, 5) is 21.8. The van der Waals surface area contributed by atoms with Crippen molar-refractivity contribution in [1.29, 1.82) is 5.26 Å². The van der Waals surface area contributed by atoms with Gasteiger partial charge >= 0.3 is 21.1 Å². The molecule has 0 spiro atoms. The molecule has 0 fully saturated rings. The summed E-state index contributed by atoms with van der Waals surface area (Å²) in [6.07, 6.45) is 5.89. The number of hydrogen-bond acceptors (Lipinski definition) is 5. The van der Waals surface area contributed by atoms with Gasteiger partial charge in [0.05, 0.1) is 18.5 Å². The number of hydrogen-bond donors (Lipinski definition) is 0. The van der Waals surface area contributed by atoms with Crippen LogP contribution in [0.5, 0.6) is 0 Å². The molecule has 0 aliphatic rings. The zero-order valence-corrected chi connectivity index (χ0v) is 22.0. The van der Waals surface area contributed by atoms with Gasteiger partial charge < -0.3 is 19.1 Å². The molecule has 0 unspecified atom stereocenters. The summed E-state index contributed by atoms with van der Waals surface area (Å²) in [5, 5.41) is 9.67. The quantitative estimate of drug-likeness (QED) is 0.312. The van der Waals surface area contributed by atoms with Gasteiger partial charge in [-0.1, -0.05) is 56.5 Å². The molecule has 0 atom stereocenters. The maximum absolute atomic E-state index is 9.67. The molecule has 4 aromatic rings. The first-order chi connectivity index (χ1) is 15.6. The molecule has 172 valence electrons. The predicted octanol–water partition coefficient (Wildman–Crippen LogP) is 4.43. The maximum Gasteiger partial charge on any atom is 2.00 e. The van der Waals surface area contributed by atoms with E-state index in [4.69, 9.17) is 16.5 Å². The first kappa shape index (κ1) is 25.0. The Balaban J connectivity index is 0.00000324. The molecule has 4 heterocycles. The smallest absolute Gasteiger partial charge is 0.416 e. The summed E-state index contributed by atoms with van der Waals surface area (Å²) in [6, 6.07) is 9.17. The number of imidazole rings is 2. The molecule has 0 saturated carbocycles. The van der Waals surface area contributed by atoms with Gasteiger partial charge in [0.1, 0.15) is 0 Å². The number of pyridine rings is 2. The molecule has 4 rings (SSSR count). The monoisotopic (exact) mass is 629 g/mol. The molecule has 4 aromatic heterocycles. The van der Waals surface area contributed by atoms with E-state index >= 15 is 0 Å². The normalized spacial score (nSPS) is 10.9. The zero-order valence-electron chi connectivity index (χ0n) is 19.7. The van der Waals surface area contributed by atoms with E-state index in [1.165, 1.54) is 0 Å².